The van der Waals surface area contributed by atoms with Crippen molar-refractivity contribution < 1.29 is 4.74 Å². The highest BCUT2D eigenvalue weighted by Gasteiger charge is 2.14. The summed E-state index contributed by atoms with van der Waals surface area (Å²) in [5.74, 6) is 0. The summed E-state index contributed by atoms with van der Waals surface area (Å²) in [6.45, 7) is 2.76. The van der Waals surface area contributed by atoms with E-state index in [1.54, 1.807) is 6.33 Å². The second-order valence-electron chi connectivity index (χ2n) is 4.38. The molecule has 0 amide bonds. The minimum atomic E-state index is 0.549. The van der Waals surface area contributed by atoms with E-state index in [1.807, 2.05) is 6.20 Å². The minimum absolute atomic E-state index is 0.549. The lowest BCUT2D eigenvalue weighted by Crippen LogP contribution is -2.18. The molecule has 0 atom stereocenters. The minimum Gasteiger partial charge on any atom is -0.378 e. The summed E-state index contributed by atoms with van der Waals surface area (Å²) >= 11 is 0. The largest absolute Gasteiger partial charge is 0.378 e. The van der Waals surface area contributed by atoms with Crippen LogP contribution in [0.5, 0.6) is 0 Å². The average molecular weight is 223 g/mol. The molecule has 0 radical (unpaired) electrons. The molecule has 1 aliphatic rings. The fourth-order valence-corrected chi connectivity index (χ4v) is 2.11. The van der Waals surface area contributed by atoms with Crippen molar-refractivity contribution in [1.29, 1.82) is 0 Å². The van der Waals surface area contributed by atoms with E-state index in [-0.39, 0.29) is 0 Å². The number of hydrogen-bond donors (Lipinski definition) is 2. The highest BCUT2D eigenvalue weighted by Crippen LogP contribution is 2.20. The Bertz CT molecular complexity index is 268. The van der Waals surface area contributed by atoms with Crippen LogP contribution in [0.25, 0.3) is 0 Å². The summed E-state index contributed by atoms with van der Waals surface area (Å²) in [5.41, 5.74) is 1.14. The summed E-state index contributed by atoms with van der Waals surface area (Å²) in [4.78, 5) is 7.04. The van der Waals surface area contributed by atoms with Gasteiger partial charge in [0.1, 0.15) is 0 Å². The number of H-pyrrole nitrogens is 1. The number of imidazole rings is 1. The summed E-state index contributed by atoms with van der Waals surface area (Å²) in [5, 5.41) is 3.36. The zero-order valence-electron chi connectivity index (χ0n) is 9.74. The average Bonchev–Trinajstić information content (AvgIpc) is 2.96. The van der Waals surface area contributed by atoms with Crippen LogP contribution in [-0.4, -0.2) is 29.2 Å². The number of ether oxygens (including phenoxy) is 1. The van der Waals surface area contributed by atoms with Crippen LogP contribution in [-0.2, 0) is 11.3 Å². The molecule has 0 spiro atoms. The predicted molar refractivity (Wildman–Crippen MR) is 63.1 cm³/mol. The molecule has 0 aromatic carbocycles. The van der Waals surface area contributed by atoms with Crippen LogP contribution < -0.4 is 5.32 Å². The first-order chi connectivity index (χ1) is 7.95. The Morgan fingerprint density at radius 2 is 2.31 bits per heavy atom. The van der Waals surface area contributed by atoms with Crippen LogP contribution in [0.15, 0.2) is 12.5 Å². The van der Waals surface area contributed by atoms with Gasteiger partial charge in [-0.25, -0.2) is 4.98 Å². The predicted octanol–water partition coefficient (Wildman–Crippen LogP) is 1.85. The number of aromatic amines is 1. The van der Waals surface area contributed by atoms with Crippen LogP contribution in [0.1, 0.15) is 37.8 Å². The molecule has 1 aliphatic carbocycles. The topological polar surface area (TPSA) is 49.9 Å². The Morgan fingerprint density at radius 1 is 1.44 bits per heavy atom. The molecule has 90 valence electrons. The zero-order valence-corrected chi connectivity index (χ0v) is 9.74. The number of aromatic nitrogens is 2. The first-order valence-electron chi connectivity index (χ1n) is 6.25. The van der Waals surface area contributed by atoms with Gasteiger partial charge in [0.05, 0.1) is 12.4 Å². The molecule has 0 unspecified atom stereocenters. The molecule has 1 aromatic heterocycles. The molecule has 2 N–H and O–H groups in total. The van der Waals surface area contributed by atoms with Crippen molar-refractivity contribution in [2.75, 3.05) is 13.2 Å². The van der Waals surface area contributed by atoms with Gasteiger partial charge < -0.3 is 15.0 Å². The number of rotatable bonds is 7. The molecular weight excluding hydrogens is 202 g/mol. The van der Waals surface area contributed by atoms with Crippen molar-refractivity contribution in [3.8, 4) is 0 Å². The van der Waals surface area contributed by atoms with Gasteiger partial charge in [-0.05, 0) is 25.8 Å². The quantitative estimate of drug-likeness (QED) is 0.694. The maximum absolute atomic E-state index is 5.78. The monoisotopic (exact) mass is 223 g/mol. The molecule has 4 nitrogen and oxygen atoms in total. The summed E-state index contributed by atoms with van der Waals surface area (Å²) < 4.78 is 5.78. The number of nitrogens with zero attached hydrogens (tertiary/aromatic N) is 1. The standard InChI is InChI=1S/C12H21N3O/c1-2-5-12(4-1)16-7-3-6-13-8-11-9-14-10-15-11/h9-10,12-13H,1-8H2,(H,14,15). The van der Waals surface area contributed by atoms with Crippen LogP contribution in [0.2, 0.25) is 0 Å². The molecule has 1 aromatic rings. The SMILES string of the molecule is c1ncc(CNCCCOC2CCCC2)[nH]1. The van der Waals surface area contributed by atoms with Gasteiger partial charge in [-0.3, -0.25) is 0 Å². The molecule has 0 bridgehead atoms. The first-order valence-corrected chi connectivity index (χ1v) is 6.25. The van der Waals surface area contributed by atoms with E-state index < -0.39 is 0 Å². The Kier molecular flexibility index (Phi) is 4.83. The molecule has 1 fully saturated rings. The molecular formula is C12H21N3O. The Balaban J connectivity index is 1.43. The maximum atomic E-state index is 5.78. The molecule has 1 heterocycles. The van der Waals surface area contributed by atoms with Gasteiger partial charge in [0.2, 0.25) is 0 Å². The Labute approximate surface area is 96.8 Å². The third-order valence-corrected chi connectivity index (χ3v) is 3.02. The zero-order chi connectivity index (χ0) is 11.1. The fourth-order valence-electron chi connectivity index (χ4n) is 2.11. The van der Waals surface area contributed by atoms with E-state index in [4.69, 9.17) is 4.74 Å². The van der Waals surface area contributed by atoms with E-state index in [0.29, 0.717) is 6.10 Å². The smallest absolute Gasteiger partial charge is 0.0922 e. The molecule has 0 saturated heterocycles. The molecule has 4 heteroatoms. The maximum Gasteiger partial charge on any atom is 0.0922 e. The van der Waals surface area contributed by atoms with Crippen molar-refractivity contribution in [3.63, 3.8) is 0 Å². The molecule has 1 saturated carbocycles. The number of nitrogens with one attached hydrogen (secondary N) is 2. The van der Waals surface area contributed by atoms with E-state index in [9.17, 15) is 0 Å². The molecule has 0 aliphatic heterocycles. The summed E-state index contributed by atoms with van der Waals surface area (Å²) in [6, 6.07) is 0. The van der Waals surface area contributed by atoms with Gasteiger partial charge in [0, 0.05) is 25.0 Å². The molecule has 16 heavy (non-hydrogen) atoms. The van der Waals surface area contributed by atoms with E-state index in [2.05, 4.69) is 15.3 Å². The first kappa shape index (κ1) is 11.6. The van der Waals surface area contributed by atoms with E-state index >= 15 is 0 Å². The van der Waals surface area contributed by atoms with Gasteiger partial charge in [0.15, 0.2) is 0 Å². The van der Waals surface area contributed by atoms with E-state index in [1.165, 1.54) is 25.7 Å². The van der Waals surface area contributed by atoms with Gasteiger partial charge in [-0.15, -0.1) is 0 Å². The van der Waals surface area contributed by atoms with Crippen LogP contribution in [0, 0.1) is 0 Å². The second-order valence-corrected chi connectivity index (χ2v) is 4.38. The number of hydrogen-bond acceptors (Lipinski definition) is 3. The lowest BCUT2D eigenvalue weighted by atomic mass is 10.3. The summed E-state index contributed by atoms with van der Waals surface area (Å²) in [6.07, 6.45) is 10.4. The van der Waals surface area contributed by atoms with Crippen LogP contribution in [0.3, 0.4) is 0 Å². The van der Waals surface area contributed by atoms with Crippen LogP contribution in [0.4, 0.5) is 0 Å². The van der Waals surface area contributed by atoms with Crippen molar-refractivity contribution in [3.05, 3.63) is 18.2 Å². The highest BCUT2D eigenvalue weighted by atomic mass is 16.5. The van der Waals surface area contributed by atoms with Gasteiger partial charge in [-0.1, -0.05) is 12.8 Å². The van der Waals surface area contributed by atoms with E-state index in [0.717, 1.165) is 31.8 Å². The van der Waals surface area contributed by atoms with Gasteiger partial charge >= 0.3 is 0 Å². The summed E-state index contributed by atoms with van der Waals surface area (Å²) in [7, 11) is 0. The van der Waals surface area contributed by atoms with Gasteiger partial charge in [0.25, 0.3) is 0 Å². The highest BCUT2D eigenvalue weighted by molar-refractivity contribution is 4.92. The van der Waals surface area contributed by atoms with Crippen molar-refractivity contribution in [1.82, 2.24) is 15.3 Å². The normalized spacial score (nSPS) is 17.0. The lowest BCUT2D eigenvalue weighted by Gasteiger charge is -2.10. The van der Waals surface area contributed by atoms with Crippen LogP contribution >= 0.6 is 0 Å². The van der Waals surface area contributed by atoms with Crippen molar-refractivity contribution in [2.24, 2.45) is 0 Å². The third-order valence-electron chi connectivity index (χ3n) is 3.02. The molecule has 2 rings (SSSR count). The van der Waals surface area contributed by atoms with Crippen molar-refractivity contribution in [2.45, 2.75) is 44.8 Å². The van der Waals surface area contributed by atoms with Crippen molar-refractivity contribution >= 4 is 0 Å². The second kappa shape index (κ2) is 6.66. The fraction of sp³-hybridized carbons (Fsp3) is 0.750. The Morgan fingerprint density at radius 3 is 3.06 bits per heavy atom. The van der Waals surface area contributed by atoms with Gasteiger partial charge in [-0.2, -0.15) is 0 Å². The Hall–Kier alpha value is -0.870. The lowest BCUT2D eigenvalue weighted by molar-refractivity contribution is 0.0568. The third kappa shape index (κ3) is 3.94.